The number of aromatic amines is 1. The van der Waals surface area contributed by atoms with Crippen molar-refractivity contribution in [1.82, 2.24) is 20.1 Å². The van der Waals surface area contributed by atoms with Crippen LogP contribution in [0.4, 0.5) is 8.78 Å². The van der Waals surface area contributed by atoms with Gasteiger partial charge < -0.3 is 4.90 Å². The second-order valence-electron chi connectivity index (χ2n) is 5.57. The Morgan fingerprint density at radius 3 is 2.65 bits per heavy atom. The van der Waals surface area contributed by atoms with Crippen LogP contribution >= 0.6 is 11.6 Å². The molecule has 3 rings (SSSR count). The fourth-order valence-electron chi connectivity index (χ4n) is 2.74. The zero-order valence-electron chi connectivity index (χ0n) is 12.4. The van der Waals surface area contributed by atoms with E-state index in [0.717, 1.165) is 23.8 Å². The van der Waals surface area contributed by atoms with E-state index in [-0.39, 0.29) is 11.5 Å². The van der Waals surface area contributed by atoms with E-state index in [1.807, 2.05) is 6.92 Å². The first-order valence-corrected chi connectivity index (χ1v) is 7.67. The van der Waals surface area contributed by atoms with Crippen LogP contribution in [0.5, 0.6) is 0 Å². The zero-order valence-corrected chi connectivity index (χ0v) is 13.2. The number of halogens is 3. The normalized spacial score (nSPS) is 15.9. The van der Waals surface area contributed by atoms with E-state index in [1.54, 1.807) is 4.90 Å². The SMILES string of the molecule is Cc1nc(C2CCN(C(=O)c3ccc(F)c(Cl)c3F)CC2)n[nH]1. The highest BCUT2D eigenvalue weighted by molar-refractivity contribution is 6.31. The van der Waals surface area contributed by atoms with E-state index in [1.165, 1.54) is 0 Å². The van der Waals surface area contributed by atoms with Crippen molar-refractivity contribution in [3.05, 3.63) is 46.0 Å². The molecular weight excluding hydrogens is 326 g/mol. The standard InChI is InChI=1S/C15H15ClF2N4O/c1-8-19-14(21-20-8)9-4-6-22(7-5-9)15(23)10-2-3-11(17)12(16)13(10)18/h2-3,9H,4-7H2,1H3,(H,19,20,21). The first-order chi connectivity index (χ1) is 11.0. The quantitative estimate of drug-likeness (QED) is 0.855. The predicted octanol–water partition coefficient (Wildman–Crippen LogP) is 3.06. The molecule has 0 spiro atoms. The summed E-state index contributed by atoms with van der Waals surface area (Å²) in [6, 6.07) is 2.13. The third kappa shape index (κ3) is 3.06. The Kier molecular flexibility index (Phi) is 4.30. The number of benzene rings is 1. The average Bonchev–Trinajstić information content (AvgIpc) is 2.99. The highest BCUT2D eigenvalue weighted by Gasteiger charge is 2.28. The topological polar surface area (TPSA) is 61.9 Å². The van der Waals surface area contributed by atoms with E-state index in [4.69, 9.17) is 11.6 Å². The Hall–Kier alpha value is -2.02. The number of H-pyrrole nitrogens is 1. The fourth-order valence-corrected chi connectivity index (χ4v) is 2.91. The monoisotopic (exact) mass is 340 g/mol. The third-order valence-electron chi connectivity index (χ3n) is 4.03. The van der Waals surface area contributed by atoms with Gasteiger partial charge in [-0.15, -0.1) is 0 Å². The molecule has 0 aliphatic carbocycles. The predicted molar refractivity (Wildman–Crippen MR) is 80.4 cm³/mol. The van der Waals surface area contributed by atoms with Crippen molar-refractivity contribution >= 4 is 17.5 Å². The fraction of sp³-hybridized carbons (Fsp3) is 0.400. The van der Waals surface area contributed by atoms with E-state index in [9.17, 15) is 13.6 Å². The van der Waals surface area contributed by atoms with Crippen LogP contribution in [-0.2, 0) is 0 Å². The maximum absolute atomic E-state index is 14.0. The third-order valence-corrected chi connectivity index (χ3v) is 4.37. The van der Waals surface area contributed by atoms with Gasteiger partial charge in [-0.05, 0) is 31.9 Å². The summed E-state index contributed by atoms with van der Waals surface area (Å²) in [5, 5.41) is 6.30. The Balaban J connectivity index is 1.70. The van der Waals surface area contributed by atoms with Crippen molar-refractivity contribution in [3.63, 3.8) is 0 Å². The Bertz CT molecular complexity index is 741. The molecule has 1 amide bonds. The number of aryl methyl sites for hydroxylation is 1. The largest absolute Gasteiger partial charge is 0.339 e. The van der Waals surface area contributed by atoms with E-state index < -0.39 is 22.6 Å². The van der Waals surface area contributed by atoms with Crippen molar-refractivity contribution in [2.24, 2.45) is 0 Å². The average molecular weight is 341 g/mol. The van der Waals surface area contributed by atoms with Crippen LogP contribution in [0.2, 0.25) is 5.02 Å². The van der Waals surface area contributed by atoms with Crippen LogP contribution < -0.4 is 0 Å². The van der Waals surface area contributed by atoms with Gasteiger partial charge >= 0.3 is 0 Å². The van der Waals surface area contributed by atoms with Crippen LogP contribution in [0.25, 0.3) is 0 Å². The van der Waals surface area contributed by atoms with Crippen LogP contribution in [-0.4, -0.2) is 39.1 Å². The van der Waals surface area contributed by atoms with E-state index >= 15 is 0 Å². The number of aromatic nitrogens is 3. The number of carbonyl (C=O) groups excluding carboxylic acids is 1. The van der Waals surface area contributed by atoms with Gasteiger partial charge in [-0.2, -0.15) is 5.10 Å². The molecule has 5 nitrogen and oxygen atoms in total. The van der Waals surface area contributed by atoms with Crippen LogP contribution in [0.1, 0.15) is 40.8 Å². The molecule has 1 aliphatic rings. The van der Waals surface area contributed by atoms with Gasteiger partial charge in [0.2, 0.25) is 0 Å². The van der Waals surface area contributed by atoms with Gasteiger partial charge in [0.05, 0.1) is 5.56 Å². The molecule has 23 heavy (non-hydrogen) atoms. The van der Waals surface area contributed by atoms with E-state index in [0.29, 0.717) is 25.9 Å². The summed E-state index contributed by atoms with van der Waals surface area (Å²) in [6.07, 6.45) is 1.39. The van der Waals surface area contributed by atoms with Crippen molar-refractivity contribution in [1.29, 1.82) is 0 Å². The zero-order chi connectivity index (χ0) is 16.6. The molecule has 0 unspecified atom stereocenters. The highest BCUT2D eigenvalue weighted by atomic mass is 35.5. The van der Waals surface area contributed by atoms with Crippen molar-refractivity contribution < 1.29 is 13.6 Å². The first kappa shape index (κ1) is 15.9. The molecule has 2 aromatic rings. The molecule has 122 valence electrons. The summed E-state index contributed by atoms with van der Waals surface area (Å²) in [6.45, 7) is 2.76. The molecule has 1 aromatic carbocycles. The summed E-state index contributed by atoms with van der Waals surface area (Å²) in [5.41, 5.74) is -0.205. The van der Waals surface area contributed by atoms with Gasteiger partial charge in [0.15, 0.2) is 11.6 Å². The van der Waals surface area contributed by atoms with Crippen molar-refractivity contribution in [2.75, 3.05) is 13.1 Å². The second kappa shape index (κ2) is 6.23. The smallest absolute Gasteiger partial charge is 0.256 e. The Morgan fingerprint density at radius 1 is 1.35 bits per heavy atom. The lowest BCUT2D eigenvalue weighted by Crippen LogP contribution is -2.38. The minimum Gasteiger partial charge on any atom is -0.339 e. The van der Waals surface area contributed by atoms with Gasteiger partial charge in [0, 0.05) is 19.0 Å². The van der Waals surface area contributed by atoms with Crippen LogP contribution in [0.3, 0.4) is 0 Å². The molecule has 2 heterocycles. The number of amides is 1. The molecule has 0 saturated carbocycles. The number of hydrogen-bond donors (Lipinski definition) is 1. The number of likely N-dealkylation sites (tertiary alicyclic amines) is 1. The summed E-state index contributed by atoms with van der Waals surface area (Å²) >= 11 is 5.53. The molecule has 1 saturated heterocycles. The lowest BCUT2D eigenvalue weighted by molar-refractivity contribution is 0.0706. The molecule has 1 fully saturated rings. The second-order valence-corrected chi connectivity index (χ2v) is 5.95. The maximum Gasteiger partial charge on any atom is 0.256 e. The number of hydrogen-bond acceptors (Lipinski definition) is 3. The minimum atomic E-state index is -1.01. The molecule has 1 aromatic heterocycles. The lowest BCUT2D eigenvalue weighted by atomic mass is 9.95. The number of nitrogens with one attached hydrogen (secondary N) is 1. The van der Waals surface area contributed by atoms with Crippen LogP contribution in [0, 0.1) is 18.6 Å². The summed E-state index contributed by atoms with van der Waals surface area (Å²) in [4.78, 5) is 18.3. The van der Waals surface area contributed by atoms with Gasteiger partial charge in [-0.1, -0.05) is 11.6 Å². The Morgan fingerprint density at radius 2 is 2.04 bits per heavy atom. The number of carbonyl (C=O) groups is 1. The van der Waals surface area contributed by atoms with Crippen molar-refractivity contribution in [2.45, 2.75) is 25.7 Å². The molecule has 1 N–H and O–H groups in total. The summed E-state index contributed by atoms with van der Waals surface area (Å²) in [5.74, 6) is -0.699. The highest BCUT2D eigenvalue weighted by Crippen LogP contribution is 2.28. The van der Waals surface area contributed by atoms with Gasteiger partial charge in [0.1, 0.15) is 16.7 Å². The maximum atomic E-state index is 14.0. The molecule has 1 aliphatic heterocycles. The Labute approximate surface area is 136 Å². The van der Waals surface area contributed by atoms with Gasteiger partial charge in [-0.3, -0.25) is 9.89 Å². The molecule has 0 bridgehead atoms. The summed E-state index contributed by atoms with van der Waals surface area (Å²) < 4.78 is 27.2. The molecule has 0 atom stereocenters. The summed E-state index contributed by atoms with van der Waals surface area (Å²) in [7, 11) is 0. The first-order valence-electron chi connectivity index (χ1n) is 7.29. The van der Waals surface area contributed by atoms with Crippen LogP contribution in [0.15, 0.2) is 12.1 Å². The van der Waals surface area contributed by atoms with Crippen molar-refractivity contribution in [3.8, 4) is 0 Å². The number of piperidine rings is 1. The van der Waals surface area contributed by atoms with E-state index in [2.05, 4.69) is 15.2 Å². The van der Waals surface area contributed by atoms with Gasteiger partial charge in [-0.25, -0.2) is 13.8 Å². The minimum absolute atomic E-state index is 0.172. The number of rotatable bonds is 2. The van der Waals surface area contributed by atoms with Gasteiger partial charge in [0.25, 0.3) is 5.91 Å². The molecular formula is C15H15ClF2N4O. The molecule has 0 radical (unpaired) electrons. The lowest BCUT2D eigenvalue weighted by Gasteiger charge is -2.31. The molecule has 8 heteroatoms. The number of nitrogens with zero attached hydrogens (tertiary/aromatic N) is 3.